The summed E-state index contributed by atoms with van der Waals surface area (Å²) in [5.74, 6) is -1.21. The number of alkyl halides is 3. The average molecular weight is 659 g/mol. The predicted molar refractivity (Wildman–Crippen MR) is 162 cm³/mol. The van der Waals surface area contributed by atoms with Gasteiger partial charge in [0.05, 0.1) is 22.5 Å². The van der Waals surface area contributed by atoms with Crippen LogP contribution in [0.15, 0.2) is 72.8 Å². The van der Waals surface area contributed by atoms with E-state index in [1.165, 1.54) is 4.90 Å². The van der Waals surface area contributed by atoms with Crippen LogP contribution < -0.4 is 9.62 Å². The largest absolute Gasteiger partial charge is 0.416 e. The summed E-state index contributed by atoms with van der Waals surface area (Å²) in [5.41, 5.74) is -0.367. The highest BCUT2D eigenvalue weighted by atomic mass is 35.5. The molecule has 0 radical (unpaired) electrons. The molecule has 232 valence electrons. The molecule has 3 aromatic rings. The normalized spacial score (nSPS) is 12.6. The van der Waals surface area contributed by atoms with Crippen molar-refractivity contribution in [3.05, 3.63) is 99.5 Å². The fourth-order valence-electron chi connectivity index (χ4n) is 4.28. The van der Waals surface area contributed by atoms with Crippen molar-refractivity contribution in [1.82, 2.24) is 10.2 Å². The molecular weight excluding hydrogens is 626 g/mol. The van der Waals surface area contributed by atoms with Gasteiger partial charge in [-0.2, -0.15) is 13.2 Å². The van der Waals surface area contributed by atoms with Crippen molar-refractivity contribution >= 4 is 50.7 Å². The summed E-state index contributed by atoms with van der Waals surface area (Å²) >= 11 is 12.4. The van der Waals surface area contributed by atoms with Gasteiger partial charge in [-0.05, 0) is 47.4 Å². The van der Waals surface area contributed by atoms with Crippen LogP contribution in [0.3, 0.4) is 0 Å². The first kappa shape index (κ1) is 34.2. The molecule has 0 fully saturated rings. The zero-order chi connectivity index (χ0) is 31.9. The van der Waals surface area contributed by atoms with Crippen LogP contribution in [0.4, 0.5) is 18.9 Å². The van der Waals surface area contributed by atoms with E-state index >= 15 is 0 Å². The summed E-state index contributed by atoms with van der Waals surface area (Å²) < 4.78 is 66.9. The van der Waals surface area contributed by atoms with Crippen LogP contribution in [-0.2, 0) is 38.8 Å². The molecule has 0 heterocycles. The number of nitrogens with zero attached hydrogens (tertiary/aromatic N) is 2. The van der Waals surface area contributed by atoms with E-state index in [1.54, 1.807) is 54.6 Å². The van der Waals surface area contributed by atoms with Crippen molar-refractivity contribution in [3.63, 3.8) is 0 Å². The lowest BCUT2D eigenvalue weighted by Gasteiger charge is -2.34. The SMILES string of the molecule is CC(C)CNC(=O)C(Cc1ccccc1)N(Cc1cccc(Cl)c1)C(=O)CN(c1cc(C(F)(F)F)ccc1Cl)S(C)(=O)=O. The Morgan fingerprint density at radius 3 is 2.16 bits per heavy atom. The molecule has 0 bridgehead atoms. The van der Waals surface area contributed by atoms with Crippen LogP contribution in [0, 0.1) is 5.92 Å². The highest BCUT2D eigenvalue weighted by Crippen LogP contribution is 2.36. The standard InChI is InChI=1S/C30H32Cl2F3N3O4S/c1-20(2)17-36-29(40)27(15-21-8-5-4-6-9-21)37(18-22-10-7-11-24(31)14-22)28(39)19-38(43(3,41)42)26-16-23(30(33,34)35)12-13-25(26)32/h4-14,16,20,27H,15,17-19H2,1-3H3,(H,36,40). The van der Waals surface area contributed by atoms with Crippen LogP contribution in [0.2, 0.25) is 10.0 Å². The van der Waals surface area contributed by atoms with E-state index in [4.69, 9.17) is 23.2 Å². The van der Waals surface area contributed by atoms with Crippen molar-refractivity contribution < 1.29 is 31.2 Å². The number of halogens is 5. The quantitative estimate of drug-likeness (QED) is 0.252. The number of hydrogen-bond donors (Lipinski definition) is 1. The molecule has 1 atom stereocenters. The lowest BCUT2D eigenvalue weighted by molar-refractivity contribution is -0.140. The van der Waals surface area contributed by atoms with E-state index in [0.29, 0.717) is 33.6 Å². The number of anilines is 1. The Morgan fingerprint density at radius 1 is 0.930 bits per heavy atom. The third-order valence-corrected chi connectivity index (χ3v) is 8.10. The van der Waals surface area contributed by atoms with Crippen molar-refractivity contribution in [2.24, 2.45) is 5.92 Å². The molecule has 2 amide bonds. The van der Waals surface area contributed by atoms with Gasteiger partial charge in [0.1, 0.15) is 12.6 Å². The zero-order valence-electron chi connectivity index (χ0n) is 23.7. The van der Waals surface area contributed by atoms with Crippen LogP contribution in [0.5, 0.6) is 0 Å². The van der Waals surface area contributed by atoms with E-state index in [0.717, 1.165) is 17.9 Å². The lowest BCUT2D eigenvalue weighted by atomic mass is 10.0. The van der Waals surface area contributed by atoms with Gasteiger partial charge in [0.25, 0.3) is 0 Å². The number of carbonyl (C=O) groups is 2. The predicted octanol–water partition coefficient (Wildman–Crippen LogP) is 6.19. The molecule has 1 N–H and O–H groups in total. The van der Waals surface area contributed by atoms with E-state index in [9.17, 15) is 31.2 Å². The molecule has 1 unspecified atom stereocenters. The third-order valence-electron chi connectivity index (χ3n) is 6.42. The number of rotatable bonds is 12. The molecule has 0 aliphatic carbocycles. The van der Waals surface area contributed by atoms with E-state index < -0.39 is 51.9 Å². The summed E-state index contributed by atoms with van der Waals surface area (Å²) in [6.07, 6.45) is -3.95. The van der Waals surface area contributed by atoms with Gasteiger partial charge in [0, 0.05) is 24.5 Å². The molecule has 3 rings (SSSR count). The summed E-state index contributed by atoms with van der Waals surface area (Å²) in [7, 11) is -4.32. The van der Waals surface area contributed by atoms with Crippen molar-refractivity contribution in [2.45, 2.75) is 39.0 Å². The van der Waals surface area contributed by atoms with Gasteiger partial charge < -0.3 is 10.2 Å². The fraction of sp³-hybridized carbons (Fsp3) is 0.333. The van der Waals surface area contributed by atoms with E-state index in [1.807, 2.05) is 13.8 Å². The smallest absolute Gasteiger partial charge is 0.354 e. The van der Waals surface area contributed by atoms with Crippen molar-refractivity contribution in [2.75, 3.05) is 23.7 Å². The van der Waals surface area contributed by atoms with Gasteiger partial charge in [-0.3, -0.25) is 13.9 Å². The third kappa shape index (κ3) is 9.87. The molecule has 0 aromatic heterocycles. The van der Waals surface area contributed by atoms with Gasteiger partial charge in [-0.25, -0.2) is 8.42 Å². The second-order valence-corrected chi connectivity index (χ2v) is 13.2. The Bertz CT molecular complexity index is 1540. The first-order valence-electron chi connectivity index (χ1n) is 13.3. The van der Waals surface area contributed by atoms with Crippen molar-refractivity contribution in [1.29, 1.82) is 0 Å². The van der Waals surface area contributed by atoms with Gasteiger partial charge in [-0.15, -0.1) is 0 Å². The van der Waals surface area contributed by atoms with E-state index in [-0.39, 0.29) is 23.9 Å². The molecule has 0 spiro atoms. The highest BCUT2D eigenvalue weighted by Gasteiger charge is 2.36. The number of nitrogens with one attached hydrogen (secondary N) is 1. The number of amides is 2. The molecule has 43 heavy (non-hydrogen) atoms. The Hall–Kier alpha value is -3.28. The molecule has 13 heteroatoms. The zero-order valence-corrected chi connectivity index (χ0v) is 26.1. The Labute approximate surface area is 259 Å². The molecule has 7 nitrogen and oxygen atoms in total. The molecule has 0 saturated carbocycles. The molecular formula is C30H32Cl2F3N3O4S. The second-order valence-electron chi connectivity index (χ2n) is 10.4. The summed E-state index contributed by atoms with van der Waals surface area (Å²) in [6.45, 7) is 3.08. The van der Waals surface area contributed by atoms with Crippen LogP contribution >= 0.6 is 23.2 Å². The number of hydrogen-bond acceptors (Lipinski definition) is 4. The van der Waals surface area contributed by atoms with Gasteiger partial charge in [-0.1, -0.05) is 79.5 Å². The topological polar surface area (TPSA) is 86.8 Å². The minimum atomic E-state index is -4.79. The number of carbonyl (C=O) groups excluding carboxylic acids is 2. The first-order chi connectivity index (χ1) is 20.1. The average Bonchev–Trinajstić information content (AvgIpc) is 2.92. The van der Waals surface area contributed by atoms with E-state index in [2.05, 4.69) is 5.32 Å². The maximum absolute atomic E-state index is 14.1. The van der Waals surface area contributed by atoms with Gasteiger partial charge in [0.15, 0.2) is 0 Å². The van der Waals surface area contributed by atoms with Crippen LogP contribution in [-0.4, -0.2) is 50.5 Å². The molecule has 0 aliphatic heterocycles. The summed E-state index contributed by atoms with van der Waals surface area (Å²) in [6, 6.07) is 16.6. The fourth-order valence-corrected chi connectivity index (χ4v) is 5.62. The van der Waals surface area contributed by atoms with Crippen LogP contribution in [0.25, 0.3) is 0 Å². The minimum absolute atomic E-state index is 0.0836. The lowest BCUT2D eigenvalue weighted by Crippen LogP contribution is -2.53. The first-order valence-corrected chi connectivity index (χ1v) is 15.9. The number of sulfonamides is 1. The van der Waals surface area contributed by atoms with Gasteiger partial charge in [0.2, 0.25) is 21.8 Å². The Kier molecular flexibility index (Phi) is 11.5. The monoisotopic (exact) mass is 657 g/mol. The maximum atomic E-state index is 14.1. The molecule has 3 aromatic carbocycles. The number of benzene rings is 3. The van der Waals surface area contributed by atoms with Crippen LogP contribution in [0.1, 0.15) is 30.5 Å². The minimum Gasteiger partial charge on any atom is -0.354 e. The second kappa shape index (κ2) is 14.5. The highest BCUT2D eigenvalue weighted by molar-refractivity contribution is 7.92. The maximum Gasteiger partial charge on any atom is 0.416 e. The Morgan fingerprint density at radius 2 is 1.58 bits per heavy atom. The Balaban J connectivity index is 2.11. The summed E-state index contributed by atoms with van der Waals surface area (Å²) in [5, 5.41) is 2.92. The van der Waals surface area contributed by atoms with Gasteiger partial charge >= 0.3 is 6.18 Å². The molecule has 0 aliphatic rings. The van der Waals surface area contributed by atoms with Crippen molar-refractivity contribution in [3.8, 4) is 0 Å². The summed E-state index contributed by atoms with van der Waals surface area (Å²) in [4.78, 5) is 28.9. The molecule has 0 saturated heterocycles.